The molecular weight excluding hydrogens is 307 g/mol. The van der Waals surface area contributed by atoms with Crippen molar-refractivity contribution in [1.29, 1.82) is 0 Å². The molecule has 2 aromatic rings. The summed E-state index contributed by atoms with van der Waals surface area (Å²) in [4.78, 5) is 22.3. The van der Waals surface area contributed by atoms with E-state index in [1.165, 1.54) is 12.5 Å². The number of hydrogen-bond donors (Lipinski definition) is 1. The van der Waals surface area contributed by atoms with Crippen molar-refractivity contribution in [1.82, 2.24) is 29.8 Å². The maximum absolute atomic E-state index is 13.7. The molecule has 0 spiro atoms. The molecule has 1 fully saturated rings. The Morgan fingerprint density at radius 3 is 2.95 bits per heavy atom. The summed E-state index contributed by atoms with van der Waals surface area (Å²) < 4.78 is 17.4. The first-order valence-electron chi connectivity index (χ1n) is 6.90. The third-order valence-corrected chi connectivity index (χ3v) is 4.22. The van der Waals surface area contributed by atoms with E-state index in [0.717, 1.165) is 17.1 Å². The molecule has 7 nitrogen and oxygen atoms in total. The lowest BCUT2D eigenvalue weighted by Crippen LogP contribution is -2.39. The average Bonchev–Trinajstić information content (AvgIpc) is 3.16. The van der Waals surface area contributed by atoms with Gasteiger partial charge in [0.15, 0.2) is 0 Å². The molecule has 1 saturated heterocycles. The van der Waals surface area contributed by atoms with Gasteiger partial charge in [-0.3, -0.25) is 9.69 Å². The van der Waals surface area contributed by atoms with Gasteiger partial charge < -0.3 is 5.32 Å². The van der Waals surface area contributed by atoms with E-state index in [1.54, 1.807) is 12.4 Å². The van der Waals surface area contributed by atoms with E-state index in [0.29, 0.717) is 30.9 Å². The smallest absolute Gasteiger partial charge is 0.264 e. The number of nitrogens with one attached hydrogen (secondary N) is 1. The molecule has 22 heavy (non-hydrogen) atoms. The maximum atomic E-state index is 13.7. The van der Waals surface area contributed by atoms with Crippen LogP contribution in [-0.4, -0.2) is 55.7 Å². The van der Waals surface area contributed by atoms with E-state index < -0.39 is 6.17 Å². The van der Waals surface area contributed by atoms with Gasteiger partial charge in [-0.1, -0.05) is 4.49 Å². The number of aromatic nitrogens is 4. The second kappa shape index (κ2) is 6.84. The Morgan fingerprint density at radius 2 is 2.23 bits per heavy atom. The van der Waals surface area contributed by atoms with Crippen molar-refractivity contribution in [2.45, 2.75) is 25.2 Å². The Kier molecular flexibility index (Phi) is 4.64. The summed E-state index contributed by atoms with van der Waals surface area (Å²) in [7, 11) is 0. The first-order valence-corrected chi connectivity index (χ1v) is 7.67. The van der Waals surface area contributed by atoms with Crippen molar-refractivity contribution in [2.75, 3.05) is 13.1 Å². The largest absolute Gasteiger partial charge is 0.350 e. The van der Waals surface area contributed by atoms with Crippen LogP contribution in [0.5, 0.6) is 0 Å². The van der Waals surface area contributed by atoms with Crippen LogP contribution in [0.4, 0.5) is 4.39 Å². The molecule has 0 unspecified atom stereocenters. The molecule has 1 N–H and O–H groups in total. The summed E-state index contributed by atoms with van der Waals surface area (Å²) in [6, 6.07) is -0.0416. The number of carbonyl (C=O) groups excluding carboxylic acids is 1. The zero-order chi connectivity index (χ0) is 15.4. The Hall–Kier alpha value is -2.00. The van der Waals surface area contributed by atoms with Crippen molar-refractivity contribution < 1.29 is 9.18 Å². The SMILES string of the molecule is O=C(NC[C@@H]1C[C@H](F)CN1Cc1cncnc1)c1cnns1. The molecular formula is C13H15FN6OS. The standard InChI is InChI=1S/C13H15FN6OS/c14-10-1-11(4-17-13(21)12-5-18-19-22-12)20(7-10)6-9-2-15-8-16-3-9/h2-3,5,8,10-11H,1,4,6-7H2,(H,17,21)/t10-,11-/m0/s1. The van der Waals surface area contributed by atoms with Crippen LogP contribution in [-0.2, 0) is 6.54 Å². The molecule has 3 rings (SSSR count). The molecule has 2 aromatic heterocycles. The normalized spacial score (nSPS) is 21.9. The van der Waals surface area contributed by atoms with Crippen molar-refractivity contribution in [3.63, 3.8) is 0 Å². The molecule has 0 bridgehead atoms. The number of halogens is 1. The molecule has 0 radical (unpaired) electrons. The van der Waals surface area contributed by atoms with Gasteiger partial charge >= 0.3 is 0 Å². The van der Waals surface area contributed by atoms with Crippen molar-refractivity contribution in [3.8, 4) is 0 Å². The minimum absolute atomic E-state index is 0.0416. The molecule has 9 heteroatoms. The second-order valence-electron chi connectivity index (χ2n) is 5.15. The fraction of sp³-hybridized carbons (Fsp3) is 0.462. The molecule has 116 valence electrons. The van der Waals surface area contributed by atoms with Crippen LogP contribution < -0.4 is 5.32 Å². The van der Waals surface area contributed by atoms with Crippen molar-refractivity contribution in [2.24, 2.45) is 0 Å². The topological polar surface area (TPSA) is 83.9 Å². The molecule has 1 amide bonds. The third kappa shape index (κ3) is 3.60. The molecule has 3 heterocycles. The lowest BCUT2D eigenvalue weighted by Gasteiger charge is -2.23. The number of amides is 1. The number of carbonyl (C=O) groups is 1. The van der Waals surface area contributed by atoms with Crippen molar-refractivity contribution >= 4 is 17.4 Å². The van der Waals surface area contributed by atoms with Gasteiger partial charge in [0.05, 0.1) is 6.20 Å². The lowest BCUT2D eigenvalue weighted by atomic mass is 10.2. The highest BCUT2D eigenvalue weighted by molar-refractivity contribution is 7.07. The van der Waals surface area contributed by atoms with E-state index in [1.807, 2.05) is 4.90 Å². The highest BCUT2D eigenvalue weighted by atomic mass is 32.1. The van der Waals surface area contributed by atoms with Gasteiger partial charge in [-0.15, -0.1) is 5.10 Å². The third-order valence-electron chi connectivity index (χ3n) is 3.56. The van der Waals surface area contributed by atoms with E-state index in [2.05, 4.69) is 24.9 Å². The van der Waals surface area contributed by atoms with Crippen LogP contribution >= 0.6 is 11.5 Å². The summed E-state index contributed by atoms with van der Waals surface area (Å²) >= 11 is 1.04. The van der Waals surface area contributed by atoms with Gasteiger partial charge in [-0.05, 0) is 18.0 Å². The monoisotopic (exact) mass is 322 g/mol. The summed E-state index contributed by atoms with van der Waals surface area (Å²) in [5.41, 5.74) is 0.930. The predicted octanol–water partition coefficient (Wildman–Crippen LogP) is 0.670. The number of nitrogens with zero attached hydrogens (tertiary/aromatic N) is 5. The van der Waals surface area contributed by atoms with Crippen LogP contribution in [0.3, 0.4) is 0 Å². The van der Waals surface area contributed by atoms with Crippen LogP contribution in [0.2, 0.25) is 0 Å². The van der Waals surface area contributed by atoms with Gasteiger partial charge in [-0.2, -0.15) is 0 Å². The minimum Gasteiger partial charge on any atom is -0.350 e. The van der Waals surface area contributed by atoms with Gasteiger partial charge in [0.2, 0.25) is 0 Å². The lowest BCUT2D eigenvalue weighted by molar-refractivity contribution is 0.0943. The molecule has 0 saturated carbocycles. The minimum atomic E-state index is -0.878. The second-order valence-corrected chi connectivity index (χ2v) is 5.94. The first kappa shape index (κ1) is 14.9. The molecule has 0 aliphatic carbocycles. The number of likely N-dealkylation sites (tertiary alicyclic amines) is 1. The Morgan fingerprint density at radius 1 is 1.41 bits per heavy atom. The Labute approximate surface area is 130 Å². The average molecular weight is 322 g/mol. The summed E-state index contributed by atoms with van der Waals surface area (Å²) in [5.74, 6) is -0.222. The van der Waals surface area contributed by atoms with Crippen LogP contribution in [0, 0.1) is 0 Å². The number of alkyl halides is 1. The van der Waals surface area contributed by atoms with E-state index in [-0.39, 0.29) is 11.9 Å². The quantitative estimate of drug-likeness (QED) is 0.871. The molecule has 1 aliphatic rings. The fourth-order valence-corrected chi connectivity index (χ4v) is 2.97. The summed E-state index contributed by atoms with van der Waals surface area (Å²) in [6.07, 6.45) is 5.86. The fourth-order valence-electron chi connectivity index (χ4n) is 2.54. The summed E-state index contributed by atoms with van der Waals surface area (Å²) in [6.45, 7) is 1.33. The van der Waals surface area contributed by atoms with Crippen LogP contribution in [0.1, 0.15) is 21.7 Å². The van der Waals surface area contributed by atoms with Gasteiger partial charge in [0.25, 0.3) is 5.91 Å². The van der Waals surface area contributed by atoms with Gasteiger partial charge in [0, 0.05) is 43.6 Å². The van der Waals surface area contributed by atoms with Gasteiger partial charge in [0.1, 0.15) is 17.4 Å². The van der Waals surface area contributed by atoms with Crippen molar-refractivity contribution in [3.05, 3.63) is 35.4 Å². The van der Waals surface area contributed by atoms with E-state index in [4.69, 9.17) is 0 Å². The summed E-state index contributed by atoms with van der Waals surface area (Å²) in [5, 5.41) is 6.44. The highest BCUT2D eigenvalue weighted by Gasteiger charge is 2.32. The van der Waals surface area contributed by atoms with E-state index >= 15 is 0 Å². The highest BCUT2D eigenvalue weighted by Crippen LogP contribution is 2.22. The van der Waals surface area contributed by atoms with Gasteiger partial charge in [-0.25, -0.2) is 14.4 Å². The Balaban J connectivity index is 1.58. The maximum Gasteiger partial charge on any atom is 0.264 e. The predicted molar refractivity (Wildman–Crippen MR) is 78.0 cm³/mol. The zero-order valence-electron chi connectivity index (χ0n) is 11.7. The zero-order valence-corrected chi connectivity index (χ0v) is 12.5. The van der Waals surface area contributed by atoms with Crippen LogP contribution in [0.25, 0.3) is 0 Å². The number of hydrogen-bond acceptors (Lipinski definition) is 7. The molecule has 0 aromatic carbocycles. The Bertz CT molecular complexity index is 610. The van der Waals surface area contributed by atoms with E-state index in [9.17, 15) is 9.18 Å². The first-order chi connectivity index (χ1) is 10.7. The van der Waals surface area contributed by atoms with Crippen LogP contribution in [0.15, 0.2) is 24.9 Å². The number of rotatable bonds is 5. The molecule has 1 aliphatic heterocycles. The molecule has 2 atom stereocenters.